The normalized spacial score (nSPS) is 11.9. The van der Waals surface area contributed by atoms with E-state index in [-0.39, 0.29) is 29.4 Å². The Morgan fingerprint density at radius 2 is 1.88 bits per heavy atom. The minimum Gasteiger partial charge on any atom is -0.356 e. The molecule has 2 rings (SSSR count). The van der Waals surface area contributed by atoms with E-state index in [1.807, 2.05) is 7.05 Å². The van der Waals surface area contributed by atoms with Crippen LogP contribution in [-0.2, 0) is 18.3 Å². The highest BCUT2D eigenvalue weighted by atomic mass is 127. The second kappa shape index (κ2) is 10.4. The van der Waals surface area contributed by atoms with E-state index < -0.39 is 0 Å². The molecule has 2 N–H and O–H groups in total. The number of hydrogen-bond donors (Lipinski definition) is 2. The van der Waals surface area contributed by atoms with Crippen LogP contribution in [0.2, 0.25) is 0 Å². The average molecular weight is 478 g/mol. The van der Waals surface area contributed by atoms with E-state index in [1.54, 1.807) is 22.7 Å². The summed E-state index contributed by atoms with van der Waals surface area (Å²) in [5, 5.41) is 12.2. The Morgan fingerprint density at radius 1 is 1.17 bits per heavy atom. The third-order valence-electron chi connectivity index (χ3n) is 3.42. The molecule has 0 aliphatic heterocycles. The number of guanidine groups is 1. The largest absolute Gasteiger partial charge is 0.356 e. The van der Waals surface area contributed by atoms with Gasteiger partial charge < -0.3 is 10.6 Å². The summed E-state index contributed by atoms with van der Waals surface area (Å²) in [6.45, 7) is 8.33. The number of nitrogens with one attached hydrogen (secondary N) is 2. The highest BCUT2D eigenvalue weighted by Gasteiger charge is 2.17. The first-order valence-electron chi connectivity index (χ1n) is 7.91. The lowest BCUT2D eigenvalue weighted by Gasteiger charge is -2.14. The quantitative estimate of drug-likeness (QED) is 0.374. The van der Waals surface area contributed by atoms with Crippen molar-refractivity contribution in [1.82, 2.24) is 15.6 Å². The van der Waals surface area contributed by atoms with E-state index in [0.29, 0.717) is 0 Å². The molecule has 4 nitrogen and oxygen atoms in total. The van der Waals surface area contributed by atoms with Gasteiger partial charge in [-0.3, -0.25) is 4.99 Å². The molecule has 7 heteroatoms. The molecule has 134 valence electrons. The summed E-state index contributed by atoms with van der Waals surface area (Å²) >= 11 is 3.54. The highest BCUT2D eigenvalue weighted by Crippen LogP contribution is 2.23. The summed E-state index contributed by atoms with van der Waals surface area (Å²) in [4.78, 5) is 10.4. The fraction of sp³-hybridized carbons (Fsp3) is 0.529. The number of hydrogen-bond acceptors (Lipinski definition) is 4. The first kappa shape index (κ1) is 21.4. The molecule has 0 bridgehead atoms. The van der Waals surface area contributed by atoms with Crippen molar-refractivity contribution in [2.45, 2.75) is 39.0 Å². The van der Waals surface area contributed by atoms with Crippen molar-refractivity contribution in [1.29, 1.82) is 0 Å². The lowest BCUT2D eigenvalue weighted by Crippen LogP contribution is -2.39. The maximum Gasteiger partial charge on any atom is 0.191 e. The molecular formula is C17H27IN4S2. The second-order valence-electron chi connectivity index (χ2n) is 6.38. The van der Waals surface area contributed by atoms with Crippen molar-refractivity contribution < 1.29 is 0 Å². The van der Waals surface area contributed by atoms with Gasteiger partial charge in [0.2, 0.25) is 0 Å². The molecule has 2 aromatic heterocycles. The van der Waals surface area contributed by atoms with Crippen molar-refractivity contribution in [2.24, 2.45) is 4.99 Å². The first-order chi connectivity index (χ1) is 11.0. The zero-order valence-electron chi connectivity index (χ0n) is 14.8. The highest BCUT2D eigenvalue weighted by molar-refractivity contribution is 14.0. The summed E-state index contributed by atoms with van der Waals surface area (Å²) in [5.74, 6) is 0.856. The van der Waals surface area contributed by atoms with Crippen LogP contribution in [0.3, 0.4) is 0 Å². The van der Waals surface area contributed by atoms with Crippen molar-refractivity contribution in [3.63, 3.8) is 0 Å². The fourth-order valence-electron chi connectivity index (χ4n) is 2.04. The van der Waals surface area contributed by atoms with Gasteiger partial charge in [0.1, 0.15) is 0 Å². The van der Waals surface area contributed by atoms with Crippen LogP contribution < -0.4 is 10.6 Å². The maximum atomic E-state index is 4.72. The van der Waals surface area contributed by atoms with Crippen molar-refractivity contribution in [2.75, 3.05) is 20.1 Å². The van der Waals surface area contributed by atoms with E-state index in [9.17, 15) is 0 Å². The summed E-state index contributed by atoms with van der Waals surface area (Å²) in [6, 6.07) is 4.25. The molecule has 0 unspecified atom stereocenters. The summed E-state index contributed by atoms with van der Waals surface area (Å²) < 4.78 is 0. The predicted octanol–water partition coefficient (Wildman–Crippen LogP) is 4.07. The second-order valence-corrected chi connectivity index (χ2v) is 8.36. The summed E-state index contributed by atoms with van der Waals surface area (Å²) in [5.41, 5.74) is 1.30. The number of nitrogens with zero attached hydrogens (tertiary/aromatic N) is 2. The van der Waals surface area contributed by atoms with E-state index in [0.717, 1.165) is 31.9 Å². The Morgan fingerprint density at radius 3 is 2.42 bits per heavy atom. The van der Waals surface area contributed by atoms with Crippen LogP contribution >= 0.6 is 46.7 Å². The van der Waals surface area contributed by atoms with Gasteiger partial charge in [-0.05, 0) is 17.9 Å². The number of aliphatic imine (C=N–C) groups is 1. The Bertz CT molecular complexity index is 615. The van der Waals surface area contributed by atoms with Gasteiger partial charge in [0, 0.05) is 42.2 Å². The summed E-state index contributed by atoms with van der Waals surface area (Å²) in [6.07, 6.45) is 1.95. The minimum absolute atomic E-state index is 0. The van der Waals surface area contributed by atoms with Crippen LogP contribution in [0.4, 0.5) is 0 Å². The van der Waals surface area contributed by atoms with Crippen LogP contribution in [-0.4, -0.2) is 31.1 Å². The average Bonchev–Trinajstić information content (AvgIpc) is 3.16. The van der Waals surface area contributed by atoms with Crippen LogP contribution in [0, 0.1) is 0 Å². The molecule has 0 aromatic carbocycles. The molecular weight excluding hydrogens is 451 g/mol. The first-order valence-corrected chi connectivity index (χ1v) is 9.67. The third-order valence-corrected chi connectivity index (χ3v) is 5.26. The maximum absolute atomic E-state index is 4.72. The Kier molecular flexibility index (Phi) is 9.22. The third kappa shape index (κ3) is 7.06. The van der Waals surface area contributed by atoms with Gasteiger partial charge in [-0.25, -0.2) is 4.98 Å². The smallest absolute Gasteiger partial charge is 0.191 e. The number of thiophene rings is 1. The van der Waals surface area contributed by atoms with Gasteiger partial charge in [0.05, 0.1) is 10.7 Å². The lowest BCUT2D eigenvalue weighted by molar-refractivity contribution is 0.570. The SMILES string of the molecule is CN=C(NCCc1cccs1)NCCc1nc(C(C)(C)C)cs1.I. The standard InChI is InChI=1S/C17H26N4S2.HI/c1-17(2,3)14-12-23-15(21-14)8-10-20-16(18-4)19-9-7-13-6-5-11-22-13;/h5-6,11-12H,7-10H2,1-4H3,(H2,18,19,20);1H. The van der Waals surface area contributed by atoms with E-state index in [2.05, 4.69) is 59.3 Å². The van der Waals surface area contributed by atoms with Crippen LogP contribution in [0.15, 0.2) is 27.9 Å². The number of thiazole rings is 1. The Labute approximate surface area is 170 Å². The lowest BCUT2D eigenvalue weighted by atomic mass is 9.93. The predicted molar refractivity (Wildman–Crippen MR) is 117 cm³/mol. The van der Waals surface area contributed by atoms with Gasteiger partial charge in [-0.15, -0.1) is 46.7 Å². The molecule has 2 heterocycles. The molecule has 0 aliphatic rings. The number of rotatable bonds is 6. The monoisotopic (exact) mass is 478 g/mol. The van der Waals surface area contributed by atoms with Gasteiger partial charge >= 0.3 is 0 Å². The molecule has 0 saturated carbocycles. The zero-order chi connectivity index (χ0) is 16.7. The van der Waals surface area contributed by atoms with Gasteiger partial charge in [-0.1, -0.05) is 26.8 Å². The number of aromatic nitrogens is 1. The van der Waals surface area contributed by atoms with Gasteiger partial charge in [0.15, 0.2) is 5.96 Å². The fourth-order valence-corrected chi connectivity index (χ4v) is 3.77. The minimum atomic E-state index is 0. The Hall–Kier alpha value is -0.670. The Balaban J connectivity index is 0.00000288. The molecule has 0 radical (unpaired) electrons. The van der Waals surface area contributed by atoms with Crippen LogP contribution in [0.1, 0.15) is 36.3 Å². The van der Waals surface area contributed by atoms with Crippen molar-refractivity contribution in [3.05, 3.63) is 38.5 Å². The van der Waals surface area contributed by atoms with Crippen molar-refractivity contribution >= 4 is 52.6 Å². The number of halogens is 1. The molecule has 0 atom stereocenters. The molecule has 0 amide bonds. The van der Waals surface area contributed by atoms with Crippen molar-refractivity contribution in [3.8, 4) is 0 Å². The summed E-state index contributed by atoms with van der Waals surface area (Å²) in [7, 11) is 1.81. The topological polar surface area (TPSA) is 49.3 Å². The van der Waals surface area contributed by atoms with Gasteiger partial charge in [-0.2, -0.15) is 0 Å². The van der Waals surface area contributed by atoms with Gasteiger partial charge in [0.25, 0.3) is 0 Å². The van der Waals surface area contributed by atoms with Crippen LogP contribution in [0.5, 0.6) is 0 Å². The molecule has 24 heavy (non-hydrogen) atoms. The van der Waals surface area contributed by atoms with E-state index in [4.69, 9.17) is 4.98 Å². The molecule has 0 fully saturated rings. The van der Waals surface area contributed by atoms with E-state index in [1.165, 1.54) is 15.6 Å². The zero-order valence-corrected chi connectivity index (χ0v) is 18.7. The molecule has 0 aliphatic carbocycles. The van der Waals surface area contributed by atoms with E-state index >= 15 is 0 Å². The molecule has 2 aromatic rings. The van der Waals surface area contributed by atoms with Crippen LogP contribution in [0.25, 0.3) is 0 Å². The molecule has 0 saturated heterocycles. The molecule has 0 spiro atoms.